The predicted octanol–water partition coefficient (Wildman–Crippen LogP) is 2.06. The van der Waals surface area contributed by atoms with E-state index in [-0.39, 0.29) is 6.42 Å². The molecule has 1 saturated heterocycles. The summed E-state index contributed by atoms with van der Waals surface area (Å²) in [6.07, 6.45) is 1.35. The summed E-state index contributed by atoms with van der Waals surface area (Å²) in [6, 6.07) is 11.1. The highest BCUT2D eigenvalue weighted by atomic mass is 16.4. The van der Waals surface area contributed by atoms with Crippen molar-refractivity contribution in [3.05, 3.63) is 35.9 Å². The predicted molar refractivity (Wildman–Crippen MR) is 79.6 cm³/mol. The molecule has 0 unspecified atom stereocenters. The summed E-state index contributed by atoms with van der Waals surface area (Å²) >= 11 is 0. The number of carbonyl (C=O) groups is 1. The number of aliphatic carboxylic acids is 1. The first kappa shape index (κ1) is 15.0. The number of hydrogen-bond donors (Lipinski definition) is 1. The van der Waals surface area contributed by atoms with E-state index in [2.05, 4.69) is 41.0 Å². The van der Waals surface area contributed by atoms with Gasteiger partial charge in [-0.05, 0) is 25.5 Å². The molecule has 2 rings (SSSR count). The molecule has 1 aromatic carbocycles. The van der Waals surface area contributed by atoms with Crippen LogP contribution in [0.4, 0.5) is 0 Å². The number of rotatable bonds is 5. The highest BCUT2D eigenvalue weighted by Gasteiger charge is 2.21. The number of benzene rings is 1. The Morgan fingerprint density at radius 3 is 2.70 bits per heavy atom. The van der Waals surface area contributed by atoms with E-state index in [1.807, 2.05) is 6.07 Å². The van der Waals surface area contributed by atoms with Crippen molar-refractivity contribution >= 4 is 5.97 Å². The maximum Gasteiger partial charge on any atom is 0.304 e. The Balaban J connectivity index is 1.87. The van der Waals surface area contributed by atoms with Crippen LogP contribution in [-0.4, -0.2) is 53.1 Å². The zero-order valence-electron chi connectivity index (χ0n) is 12.2. The zero-order chi connectivity index (χ0) is 14.4. The van der Waals surface area contributed by atoms with Crippen molar-refractivity contribution in [2.24, 2.45) is 0 Å². The molecule has 110 valence electrons. The molecule has 0 amide bonds. The minimum Gasteiger partial charge on any atom is -0.481 e. The monoisotopic (exact) mass is 276 g/mol. The Kier molecular flexibility index (Phi) is 5.56. The smallest absolute Gasteiger partial charge is 0.304 e. The van der Waals surface area contributed by atoms with Crippen LogP contribution in [-0.2, 0) is 11.3 Å². The summed E-state index contributed by atoms with van der Waals surface area (Å²) in [6.45, 7) is 6.89. The van der Waals surface area contributed by atoms with Crippen LogP contribution in [0.3, 0.4) is 0 Å². The zero-order valence-corrected chi connectivity index (χ0v) is 12.2. The fourth-order valence-electron chi connectivity index (χ4n) is 2.68. The molecule has 0 radical (unpaired) electrons. The van der Waals surface area contributed by atoms with Crippen molar-refractivity contribution in [1.82, 2.24) is 9.80 Å². The SMILES string of the molecule is C[C@@H]1CCN(CCC(=O)O)CCN1Cc1ccccc1. The second-order valence-electron chi connectivity index (χ2n) is 5.58. The van der Waals surface area contributed by atoms with Gasteiger partial charge in [0.1, 0.15) is 0 Å². The first-order valence-electron chi connectivity index (χ1n) is 7.37. The van der Waals surface area contributed by atoms with Crippen LogP contribution in [0.1, 0.15) is 25.3 Å². The molecule has 20 heavy (non-hydrogen) atoms. The Morgan fingerprint density at radius 2 is 2.00 bits per heavy atom. The summed E-state index contributed by atoms with van der Waals surface area (Å²) < 4.78 is 0. The van der Waals surface area contributed by atoms with E-state index in [1.165, 1.54) is 5.56 Å². The molecule has 4 heteroatoms. The van der Waals surface area contributed by atoms with Gasteiger partial charge >= 0.3 is 5.97 Å². The molecule has 1 aromatic rings. The minimum absolute atomic E-state index is 0.243. The van der Waals surface area contributed by atoms with Gasteiger partial charge in [-0.2, -0.15) is 0 Å². The third-order valence-electron chi connectivity index (χ3n) is 4.06. The lowest BCUT2D eigenvalue weighted by Gasteiger charge is -2.26. The van der Waals surface area contributed by atoms with Gasteiger partial charge in [0.05, 0.1) is 6.42 Å². The molecule has 0 aromatic heterocycles. The molecule has 1 N–H and O–H groups in total. The Bertz CT molecular complexity index is 422. The van der Waals surface area contributed by atoms with Crippen molar-refractivity contribution in [2.45, 2.75) is 32.4 Å². The molecule has 4 nitrogen and oxygen atoms in total. The maximum atomic E-state index is 10.7. The van der Waals surface area contributed by atoms with Crippen LogP contribution in [0.5, 0.6) is 0 Å². The van der Waals surface area contributed by atoms with Gasteiger partial charge in [-0.15, -0.1) is 0 Å². The van der Waals surface area contributed by atoms with Gasteiger partial charge in [0.2, 0.25) is 0 Å². The summed E-state index contributed by atoms with van der Waals surface area (Å²) in [7, 11) is 0. The van der Waals surface area contributed by atoms with Gasteiger partial charge in [0.25, 0.3) is 0 Å². The fourth-order valence-corrected chi connectivity index (χ4v) is 2.68. The van der Waals surface area contributed by atoms with E-state index >= 15 is 0 Å². The van der Waals surface area contributed by atoms with Crippen molar-refractivity contribution in [3.63, 3.8) is 0 Å². The third-order valence-corrected chi connectivity index (χ3v) is 4.06. The molecular weight excluding hydrogens is 252 g/mol. The first-order valence-corrected chi connectivity index (χ1v) is 7.37. The van der Waals surface area contributed by atoms with Gasteiger partial charge in [0.15, 0.2) is 0 Å². The Hall–Kier alpha value is -1.39. The van der Waals surface area contributed by atoms with Crippen LogP contribution in [0, 0.1) is 0 Å². The van der Waals surface area contributed by atoms with Gasteiger partial charge < -0.3 is 10.0 Å². The van der Waals surface area contributed by atoms with Crippen molar-refractivity contribution < 1.29 is 9.90 Å². The quantitative estimate of drug-likeness (QED) is 0.894. The molecule has 1 aliphatic heterocycles. The summed E-state index contributed by atoms with van der Waals surface area (Å²) in [4.78, 5) is 15.4. The van der Waals surface area contributed by atoms with E-state index < -0.39 is 5.97 Å². The topological polar surface area (TPSA) is 43.8 Å². The van der Waals surface area contributed by atoms with Gasteiger partial charge in [-0.1, -0.05) is 30.3 Å². The number of nitrogens with zero attached hydrogens (tertiary/aromatic N) is 2. The molecule has 1 aliphatic rings. The molecule has 0 bridgehead atoms. The van der Waals surface area contributed by atoms with E-state index in [4.69, 9.17) is 5.11 Å². The number of carboxylic acids is 1. The minimum atomic E-state index is -0.705. The Labute approximate surface area is 121 Å². The maximum absolute atomic E-state index is 10.7. The van der Waals surface area contributed by atoms with Crippen LogP contribution in [0.2, 0.25) is 0 Å². The van der Waals surface area contributed by atoms with Crippen LogP contribution >= 0.6 is 0 Å². The highest BCUT2D eigenvalue weighted by molar-refractivity contribution is 5.66. The lowest BCUT2D eigenvalue weighted by molar-refractivity contribution is -0.137. The second kappa shape index (κ2) is 7.41. The average molecular weight is 276 g/mol. The molecule has 1 heterocycles. The van der Waals surface area contributed by atoms with Crippen LogP contribution in [0.25, 0.3) is 0 Å². The normalized spacial score (nSPS) is 21.6. The van der Waals surface area contributed by atoms with Gasteiger partial charge in [-0.25, -0.2) is 0 Å². The van der Waals surface area contributed by atoms with E-state index in [1.54, 1.807) is 0 Å². The molecule has 0 spiro atoms. The summed E-state index contributed by atoms with van der Waals surface area (Å²) in [5.41, 5.74) is 1.35. The lowest BCUT2D eigenvalue weighted by atomic mass is 10.1. The molecule has 1 fully saturated rings. The molecule has 0 aliphatic carbocycles. The summed E-state index contributed by atoms with van der Waals surface area (Å²) in [5, 5.41) is 8.78. The van der Waals surface area contributed by atoms with Crippen LogP contribution in [0.15, 0.2) is 30.3 Å². The number of hydrogen-bond acceptors (Lipinski definition) is 3. The second-order valence-corrected chi connectivity index (χ2v) is 5.58. The van der Waals surface area contributed by atoms with E-state index in [9.17, 15) is 4.79 Å². The lowest BCUT2D eigenvalue weighted by Crippen LogP contribution is -2.34. The first-order chi connectivity index (χ1) is 9.65. The van der Waals surface area contributed by atoms with Crippen LogP contribution < -0.4 is 0 Å². The van der Waals surface area contributed by atoms with Crippen molar-refractivity contribution in [3.8, 4) is 0 Å². The van der Waals surface area contributed by atoms with Crippen molar-refractivity contribution in [1.29, 1.82) is 0 Å². The summed E-state index contributed by atoms with van der Waals surface area (Å²) in [5.74, 6) is -0.705. The largest absolute Gasteiger partial charge is 0.481 e. The van der Waals surface area contributed by atoms with Gasteiger partial charge in [-0.3, -0.25) is 9.69 Å². The Morgan fingerprint density at radius 1 is 1.25 bits per heavy atom. The standard InChI is InChI=1S/C16H24N2O2/c1-14-7-9-17(10-8-16(19)20)11-12-18(14)13-15-5-3-2-4-6-15/h2-6,14H,7-13H2,1H3,(H,19,20)/t14-/m1/s1. The fraction of sp³-hybridized carbons (Fsp3) is 0.562. The molecule has 0 saturated carbocycles. The van der Waals surface area contributed by atoms with E-state index in [0.717, 1.165) is 32.6 Å². The average Bonchev–Trinajstić information content (AvgIpc) is 2.61. The highest BCUT2D eigenvalue weighted by Crippen LogP contribution is 2.14. The van der Waals surface area contributed by atoms with Gasteiger partial charge in [0, 0.05) is 32.2 Å². The third kappa shape index (κ3) is 4.62. The number of carboxylic acid groups (broad SMARTS) is 1. The van der Waals surface area contributed by atoms with E-state index in [0.29, 0.717) is 12.6 Å². The van der Waals surface area contributed by atoms with Crippen molar-refractivity contribution in [2.75, 3.05) is 26.2 Å². The molecular formula is C16H24N2O2. The molecule has 1 atom stereocenters.